The quantitative estimate of drug-likeness (QED) is 0.669. The molecule has 18 heavy (non-hydrogen) atoms. The van der Waals surface area contributed by atoms with E-state index >= 15 is 0 Å². The van der Waals surface area contributed by atoms with Crippen molar-refractivity contribution in [1.29, 1.82) is 0 Å². The number of halogens is 1. The Labute approximate surface area is 120 Å². The molecule has 0 fully saturated rings. The minimum atomic E-state index is -0.928. The minimum absolute atomic E-state index is 0.884. The van der Waals surface area contributed by atoms with E-state index in [1.165, 1.54) is 0 Å². The summed E-state index contributed by atoms with van der Waals surface area (Å²) in [6, 6.07) is 7.83. The van der Waals surface area contributed by atoms with E-state index in [1.54, 1.807) is 17.6 Å². The smallest absolute Gasteiger partial charge is 0.207 e. The summed E-state index contributed by atoms with van der Waals surface area (Å²) in [5, 5.41) is 0. The Kier molecular flexibility index (Phi) is 3.19. The summed E-state index contributed by atoms with van der Waals surface area (Å²) in [5.74, 6) is 0. The highest BCUT2D eigenvalue weighted by Crippen LogP contribution is 2.31. The van der Waals surface area contributed by atoms with Gasteiger partial charge < -0.3 is 4.55 Å². The first-order valence-corrected chi connectivity index (χ1v) is 8.38. The Morgan fingerprint density at radius 3 is 2.89 bits per heavy atom. The summed E-state index contributed by atoms with van der Waals surface area (Å²) in [5.41, 5.74) is 1.92. The van der Waals surface area contributed by atoms with Crippen molar-refractivity contribution in [1.82, 2.24) is 9.38 Å². The summed E-state index contributed by atoms with van der Waals surface area (Å²) in [4.78, 5) is 5.44. The van der Waals surface area contributed by atoms with Gasteiger partial charge >= 0.3 is 0 Å². The fourth-order valence-corrected chi connectivity index (χ4v) is 3.83. The van der Waals surface area contributed by atoms with Crippen molar-refractivity contribution in [2.24, 2.45) is 0 Å². The molecule has 0 aliphatic rings. The summed E-state index contributed by atoms with van der Waals surface area (Å²) < 4.78 is 15.4. The van der Waals surface area contributed by atoms with Gasteiger partial charge in [0.15, 0.2) is 0 Å². The number of thiophene rings is 1. The van der Waals surface area contributed by atoms with Crippen molar-refractivity contribution in [3.8, 4) is 10.6 Å². The molecule has 0 spiro atoms. The number of nitrogens with zero attached hydrogens (tertiary/aromatic N) is 2. The van der Waals surface area contributed by atoms with E-state index in [2.05, 4.69) is 20.9 Å². The summed E-state index contributed by atoms with van der Waals surface area (Å²) in [7, 11) is 0. The number of hydrogen-bond acceptors (Lipinski definition) is 3. The lowest BCUT2D eigenvalue weighted by molar-refractivity contribution is 0.603. The zero-order valence-electron chi connectivity index (χ0n) is 9.46. The van der Waals surface area contributed by atoms with Gasteiger partial charge in [-0.05, 0) is 45.3 Å². The molecule has 3 rings (SSSR count). The predicted octanol–water partition coefficient (Wildman–Crippen LogP) is 3.56. The Bertz CT molecular complexity index is 705. The highest BCUT2D eigenvalue weighted by Gasteiger charge is 2.13. The van der Waals surface area contributed by atoms with Crippen LogP contribution in [0, 0.1) is 0 Å². The van der Waals surface area contributed by atoms with E-state index < -0.39 is 11.2 Å². The highest BCUT2D eigenvalue weighted by molar-refractivity contribution is 9.10. The van der Waals surface area contributed by atoms with Gasteiger partial charge in [0.05, 0.1) is 16.8 Å². The molecular weight excluding hydrogens is 332 g/mol. The molecule has 0 radical (unpaired) electrons. The molecule has 0 bridgehead atoms. The molecule has 0 aromatic carbocycles. The highest BCUT2D eigenvalue weighted by atomic mass is 79.9. The number of pyridine rings is 1. The fourth-order valence-electron chi connectivity index (χ4n) is 1.75. The predicted molar refractivity (Wildman–Crippen MR) is 78.5 cm³/mol. The van der Waals surface area contributed by atoms with E-state index in [0.717, 1.165) is 24.9 Å². The summed E-state index contributed by atoms with van der Waals surface area (Å²) >= 11 is 4.07. The van der Waals surface area contributed by atoms with Crippen LogP contribution in [0.5, 0.6) is 0 Å². The van der Waals surface area contributed by atoms with Crippen LogP contribution in [0.4, 0.5) is 0 Å². The third kappa shape index (κ3) is 2.09. The molecule has 3 aromatic heterocycles. The van der Waals surface area contributed by atoms with Crippen LogP contribution < -0.4 is 0 Å². The molecule has 3 nitrogen and oxygen atoms in total. The molecule has 0 aliphatic carbocycles. The first kappa shape index (κ1) is 12.2. The number of fused-ring (bicyclic) bond motifs is 1. The molecule has 92 valence electrons. The van der Waals surface area contributed by atoms with Gasteiger partial charge in [-0.15, -0.1) is 0 Å². The van der Waals surface area contributed by atoms with E-state index in [4.69, 9.17) is 0 Å². The topological polar surface area (TPSA) is 40.4 Å². The standard InChI is InChI=1S/C12H9BrN2OS2/c1-18(16)12-5-3-10(17-12)9-6-14-11-4-2-8(13)7-15(9)11/h2-7H,1H3. The van der Waals surface area contributed by atoms with Gasteiger partial charge in [-0.2, -0.15) is 0 Å². The average Bonchev–Trinajstić information content (AvgIpc) is 2.93. The molecule has 3 heterocycles. The number of hydrogen-bond donors (Lipinski definition) is 0. The van der Waals surface area contributed by atoms with Crippen LogP contribution in [0.2, 0.25) is 0 Å². The van der Waals surface area contributed by atoms with Crippen molar-refractivity contribution < 1.29 is 4.55 Å². The van der Waals surface area contributed by atoms with Crippen LogP contribution in [-0.4, -0.2) is 20.2 Å². The molecule has 1 unspecified atom stereocenters. The maximum absolute atomic E-state index is 11.4. The monoisotopic (exact) mass is 340 g/mol. The Balaban J connectivity index is 2.15. The lowest BCUT2D eigenvalue weighted by Crippen LogP contribution is -1.91. The lowest BCUT2D eigenvalue weighted by Gasteiger charge is -2.00. The zero-order valence-corrected chi connectivity index (χ0v) is 12.7. The molecule has 3 aromatic rings. The second kappa shape index (κ2) is 4.70. The van der Waals surface area contributed by atoms with Crippen molar-refractivity contribution in [2.45, 2.75) is 4.21 Å². The van der Waals surface area contributed by atoms with Crippen LogP contribution >= 0.6 is 27.3 Å². The van der Waals surface area contributed by atoms with Gasteiger partial charge in [0.2, 0.25) is 4.21 Å². The second-order valence-corrected chi connectivity index (χ2v) is 7.40. The second-order valence-electron chi connectivity index (χ2n) is 3.79. The van der Waals surface area contributed by atoms with E-state index in [-0.39, 0.29) is 0 Å². The number of imidazole rings is 1. The van der Waals surface area contributed by atoms with Gasteiger partial charge in [0.25, 0.3) is 0 Å². The fraction of sp³-hybridized carbons (Fsp3) is 0.0833. The van der Waals surface area contributed by atoms with Crippen LogP contribution in [-0.2, 0) is 11.2 Å². The van der Waals surface area contributed by atoms with Crippen molar-refractivity contribution in [3.05, 3.63) is 41.1 Å². The SMILES string of the molecule is C[S+]([O-])c1ccc(-c2cnc3ccc(Br)cn23)s1. The molecular formula is C12H9BrN2OS2. The normalized spacial score (nSPS) is 13.1. The van der Waals surface area contributed by atoms with Gasteiger partial charge in [0, 0.05) is 16.7 Å². The Hall–Kier alpha value is -0.820. The number of aromatic nitrogens is 2. The van der Waals surface area contributed by atoms with Gasteiger partial charge in [-0.25, -0.2) is 4.98 Å². The van der Waals surface area contributed by atoms with Crippen LogP contribution in [0.25, 0.3) is 16.2 Å². The average molecular weight is 341 g/mol. The first-order chi connectivity index (χ1) is 8.65. The van der Waals surface area contributed by atoms with E-state index in [9.17, 15) is 4.55 Å². The molecule has 6 heteroatoms. The molecule has 0 saturated heterocycles. The Morgan fingerprint density at radius 2 is 2.17 bits per heavy atom. The number of rotatable bonds is 2. The van der Waals surface area contributed by atoms with E-state index in [0.29, 0.717) is 0 Å². The first-order valence-electron chi connectivity index (χ1n) is 5.21. The minimum Gasteiger partial charge on any atom is -0.611 e. The van der Waals surface area contributed by atoms with Gasteiger partial charge in [-0.3, -0.25) is 4.40 Å². The molecule has 0 N–H and O–H groups in total. The van der Waals surface area contributed by atoms with Gasteiger partial charge in [-0.1, -0.05) is 11.3 Å². The van der Waals surface area contributed by atoms with E-state index in [1.807, 2.05) is 41.1 Å². The molecule has 0 saturated carbocycles. The Morgan fingerprint density at radius 1 is 1.33 bits per heavy atom. The third-order valence-electron chi connectivity index (χ3n) is 2.59. The molecule has 0 aliphatic heterocycles. The maximum Gasteiger partial charge on any atom is 0.207 e. The van der Waals surface area contributed by atoms with Crippen LogP contribution in [0.1, 0.15) is 0 Å². The third-order valence-corrected chi connectivity index (χ3v) is 5.61. The van der Waals surface area contributed by atoms with Crippen molar-refractivity contribution in [3.63, 3.8) is 0 Å². The zero-order chi connectivity index (χ0) is 12.7. The van der Waals surface area contributed by atoms with Crippen LogP contribution in [0.3, 0.4) is 0 Å². The maximum atomic E-state index is 11.4. The lowest BCUT2D eigenvalue weighted by atomic mass is 10.3. The molecule has 0 amide bonds. The van der Waals surface area contributed by atoms with Crippen LogP contribution in [0.15, 0.2) is 45.3 Å². The van der Waals surface area contributed by atoms with Crippen molar-refractivity contribution >= 4 is 44.1 Å². The molecule has 1 atom stereocenters. The largest absolute Gasteiger partial charge is 0.611 e. The summed E-state index contributed by atoms with van der Waals surface area (Å²) in [6.07, 6.45) is 5.52. The van der Waals surface area contributed by atoms with Crippen molar-refractivity contribution in [2.75, 3.05) is 6.26 Å². The summed E-state index contributed by atoms with van der Waals surface area (Å²) in [6.45, 7) is 0. The van der Waals surface area contributed by atoms with Gasteiger partial charge in [0.1, 0.15) is 11.9 Å².